The Bertz CT molecular complexity index is 651. The summed E-state index contributed by atoms with van der Waals surface area (Å²) < 4.78 is 79.2. The van der Waals surface area contributed by atoms with Crippen molar-refractivity contribution in [2.24, 2.45) is 11.7 Å². The van der Waals surface area contributed by atoms with E-state index in [4.69, 9.17) is 5.73 Å². The third kappa shape index (κ3) is 3.78. The summed E-state index contributed by atoms with van der Waals surface area (Å²) >= 11 is 0. The lowest BCUT2D eigenvalue weighted by Gasteiger charge is -2.33. The van der Waals surface area contributed by atoms with E-state index in [9.17, 15) is 26.0 Å². The van der Waals surface area contributed by atoms with Crippen LogP contribution in [0, 0.1) is 29.2 Å². The van der Waals surface area contributed by atoms with Gasteiger partial charge in [-0.3, -0.25) is 0 Å². The smallest absolute Gasteiger partial charge is 0.249 e. The predicted octanol–water partition coefficient (Wildman–Crippen LogP) is 2.41. The van der Waals surface area contributed by atoms with Crippen LogP contribution in [0.5, 0.6) is 0 Å². The molecule has 1 aromatic carbocycles. The van der Waals surface area contributed by atoms with Gasteiger partial charge >= 0.3 is 0 Å². The fraction of sp³-hybridized carbons (Fsp3) is 0.538. The highest BCUT2D eigenvalue weighted by molar-refractivity contribution is 7.89. The first-order valence-corrected chi connectivity index (χ1v) is 8.19. The standard InChI is InChI=1S/C13H16F4N2O2S.ClH/c1-7(18)8-2-4-19(5-3-8)22(20,21)13-11(16)9(14)6-10(15)12(13)17;/h6-8H,2-5,18H2,1H3;1H. The van der Waals surface area contributed by atoms with E-state index in [-0.39, 0.29) is 43.5 Å². The number of benzene rings is 1. The molecule has 1 unspecified atom stereocenters. The zero-order valence-corrected chi connectivity index (χ0v) is 13.9. The molecule has 2 N–H and O–H groups in total. The van der Waals surface area contributed by atoms with Gasteiger partial charge in [-0.2, -0.15) is 4.31 Å². The van der Waals surface area contributed by atoms with Gasteiger partial charge in [-0.25, -0.2) is 26.0 Å². The van der Waals surface area contributed by atoms with Crippen LogP contribution in [-0.2, 0) is 10.0 Å². The second kappa shape index (κ2) is 7.33. The van der Waals surface area contributed by atoms with Gasteiger partial charge in [-0.1, -0.05) is 0 Å². The Labute approximate surface area is 138 Å². The van der Waals surface area contributed by atoms with Crippen LogP contribution in [0.1, 0.15) is 19.8 Å². The molecule has 1 atom stereocenters. The summed E-state index contributed by atoms with van der Waals surface area (Å²) in [5.74, 6) is -7.22. The Morgan fingerprint density at radius 3 is 1.96 bits per heavy atom. The van der Waals surface area contributed by atoms with Gasteiger partial charge in [0.05, 0.1) is 0 Å². The van der Waals surface area contributed by atoms with Crippen molar-refractivity contribution < 1.29 is 26.0 Å². The normalized spacial score (nSPS) is 18.5. The molecule has 0 amide bonds. The molecule has 0 radical (unpaired) electrons. The summed E-state index contributed by atoms with van der Waals surface area (Å²) in [5.41, 5.74) is 5.73. The van der Waals surface area contributed by atoms with E-state index in [1.807, 2.05) is 0 Å². The van der Waals surface area contributed by atoms with Crippen LogP contribution in [0.15, 0.2) is 11.0 Å². The molecule has 0 aliphatic carbocycles. The maximum absolute atomic E-state index is 13.7. The van der Waals surface area contributed by atoms with E-state index in [2.05, 4.69) is 0 Å². The van der Waals surface area contributed by atoms with Crippen molar-refractivity contribution in [2.75, 3.05) is 13.1 Å². The molecular formula is C13H17ClF4N2O2S. The van der Waals surface area contributed by atoms with Gasteiger partial charge in [0.15, 0.2) is 28.2 Å². The lowest BCUT2D eigenvalue weighted by atomic mass is 9.92. The van der Waals surface area contributed by atoms with E-state index in [1.165, 1.54) is 0 Å². The Morgan fingerprint density at radius 2 is 1.57 bits per heavy atom. The van der Waals surface area contributed by atoms with E-state index >= 15 is 0 Å². The maximum atomic E-state index is 13.7. The lowest BCUT2D eigenvalue weighted by molar-refractivity contribution is 0.249. The van der Waals surface area contributed by atoms with Crippen LogP contribution in [0.2, 0.25) is 0 Å². The van der Waals surface area contributed by atoms with Gasteiger partial charge in [-0.15, -0.1) is 12.4 Å². The third-order valence-electron chi connectivity index (χ3n) is 3.91. The van der Waals surface area contributed by atoms with Crippen molar-refractivity contribution in [3.05, 3.63) is 29.3 Å². The zero-order chi connectivity index (χ0) is 16.7. The number of piperidine rings is 1. The highest BCUT2D eigenvalue weighted by Crippen LogP contribution is 2.30. The first-order chi connectivity index (χ1) is 10.2. The Hall–Kier alpha value is -0.900. The van der Waals surface area contributed by atoms with Crippen LogP contribution >= 0.6 is 12.4 Å². The summed E-state index contributed by atoms with van der Waals surface area (Å²) in [6, 6.07) is -0.156. The van der Waals surface area contributed by atoms with Crippen LogP contribution < -0.4 is 5.73 Å². The summed E-state index contributed by atoms with van der Waals surface area (Å²) in [4.78, 5) is -1.58. The molecule has 0 bridgehead atoms. The summed E-state index contributed by atoms with van der Waals surface area (Å²) in [6.45, 7) is 1.77. The van der Waals surface area contributed by atoms with Crippen molar-refractivity contribution in [1.82, 2.24) is 4.31 Å². The average molecular weight is 377 g/mol. The molecule has 10 heteroatoms. The molecule has 0 spiro atoms. The Morgan fingerprint density at radius 1 is 1.13 bits per heavy atom. The van der Waals surface area contributed by atoms with Gasteiger partial charge in [0.1, 0.15) is 0 Å². The van der Waals surface area contributed by atoms with Gasteiger partial charge in [0, 0.05) is 25.2 Å². The number of nitrogens with zero attached hydrogens (tertiary/aromatic N) is 1. The zero-order valence-electron chi connectivity index (χ0n) is 12.2. The lowest BCUT2D eigenvalue weighted by Crippen LogP contribution is -2.43. The number of halogens is 5. The molecule has 132 valence electrons. The van der Waals surface area contributed by atoms with Crippen LogP contribution in [0.3, 0.4) is 0 Å². The van der Waals surface area contributed by atoms with Crippen molar-refractivity contribution in [2.45, 2.75) is 30.7 Å². The second-order valence-electron chi connectivity index (χ2n) is 5.40. The molecule has 0 aromatic heterocycles. The van der Waals surface area contributed by atoms with Crippen molar-refractivity contribution >= 4 is 22.4 Å². The molecular weight excluding hydrogens is 360 g/mol. The quantitative estimate of drug-likeness (QED) is 0.651. The van der Waals surface area contributed by atoms with Crippen molar-refractivity contribution in [1.29, 1.82) is 0 Å². The first kappa shape index (κ1) is 20.1. The second-order valence-corrected chi connectivity index (χ2v) is 7.27. The minimum Gasteiger partial charge on any atom is -0.328 e. The van der Waals surface area contributed by atoms with Gasteiger partial charge in [0.25, 0.3) is 0 Å². The monoisotopic (exact) mass is 376 g/mol. The van der Waals surface area contributed by atoms with E-state index < -0.39 is 38.2 Å². The Balaban J connectivity index is 0.00000264. The highest BCUT2D eigenvalue weighted by atomic mass is 35.5. The molecule has 1 heterocycles. The number of sulfonamides is 1. The van der Waals surface area contributed by atoms with E-state index in [1.54, 1.807) is 6.92 Å². The molecule has 1 aromatic rings. The first-order valence-electron chi connectivity index (χ1n) is 6.75. The van der Waals surface area contributed by atoms with Crippen molar-refractivity contribution in [3.63, 3.8) is 0 Å². The number of nitrogens with two attached hydrogens (primary N) is 1. The molecule has 23 heavy (non-hydrogen) atoms. The highest BCUT2D eigenvalue weighted by Gasteiger charge is 2.36. The summed E-state index contributed by atoms with van der Waals surface area (Å²) in [5, 5.41) is 0. The fourth-order valence-electron chi connectivity index (χ4n) is 2.55. The van der Waals surface area contributed by atoms with E-state index in [0.29, 0.717) is 12.8 Å². The van der Waals surface area contributed by atoms with Crippen LogP contribution in [0.4, 0.5) is 17.6 Å². The maximum Gasteiger partial charge on any atom is 0.249 e. The number of rotatable bonds is 3. The molecule has 0 saturated carbocycles. The van der Waals surface area contributed by atoms with E-state index in [0.717, 1.165) is 4.31 Å². The van der Waals surface area contributed by atoms with Crippen molar-refractivity contribution in [3.8, 4) is 0 Å². The Kier molecular flexibility index (Phi) is 6.42. The van der Waals surface area contributed by atoms with Gasteiger partial charge < -0.3 is 5.73 Å². The minimum atomic E-state index is -4.65. The summed E-state index contributed by atoms with van der Waals surface area (Å²) in [6.07, 6.45) is 0.829. The predicted molar refractivity (Wildman–Crippen MR) is 78.7 cm³/mol. The van der Waals surface area contributed by atoms with Gasteiger partial charge in [0.2, 0.25) is 10.0 Å². The van der Waals surface area contributed by atoms with Crippen LogP contribution in [-0.4, -0.2) is 31.9 Å². The third-order valence-corrected chi connectivity index (χ3v) is 5.83. The SMILES string of the molecule is CC(N)C1CCN(S(=O)(=O)c2c(F)c(F)cc(F)c2F)CC1.Cl. The molecule has 1 aliphatic heterocycles. The molecule has 1 saturated heterocycles. The molecule has 1 fully saturated rings. The number of hydrogen-bond donors (Lipinski definition) is 1. The molecule has 1 aliphatic rings. The topological polar surface area (TPSA) is 63.4 Å². The minimum absolute atomic E-state index is 0. The largest absolute Gasteiger partial charge is 0.328 e. The number of hydrogen-bond acceptors (Lipinski definition) is 3. The summed E-state index contributed by atoms with van der Waals surface area (Å²) in [7, 11) is -4.65. The fourth-order valence-corrected chi connectivity index (χ4v) is 4.15. The average Bonchev–Trinajstić information content (AvgIpc) is 2.45. The van der Waals surface area contributed by atoms with Gasteiger partial charge in [-0.05, 0) is 25.7 Å². The van der Waals surface area contributed by atoms with Crippen LogP contribution in [0.25, 0.3) is 0 Å². The molecule has 2 rings (SSSR count). The molecule has 4 nitrogen and oxygen atoms in total.